The fraction of sp³-hybridized carbons (Fsp3) is 0.486. The Morgan fingerprint density at radius 2 is 0.800 bits per heavy atom. The molecule has 0 aliphatic rings. The third kappa shape index (κ3) is 13.6. The van der Waals surface area contributed by atoms with Crippen molar-refractivity contribution in [3.05, 3.63) is 106 Å². The fourth-order valence-electron chi connectivity index (χ4n) is 5.59. The first-order valence-corrected chi connectivity index (χ1v) is 15.8. The molecule has 0 heterocycles. The Bertz CT molecular complexity index is 1320. The molecule has 0 saturated carbocycles. The van der Waals surface area contributed by atoms with Crippen molar-refractivity contribution in [2.75, 3.05) is 48.8 Å². The van der Waals surface area contributed by atoms with E-state index in [4.69, 9.17) is 15.1 Å². The lowest BCUT2D eigenvalue weighted by atomic mass is 9.73. The van der Waals surface area contributed by atoms with E-state index >= 15 is 0 Å². The minimum Gasteiger partial charge on any atom is -0.871 e. The van der Waals surface area contributed by atoms with Gasteiger partial charge >= 0.3 is 18.5 Å². The van der Waals surface area contributed by atoms with Gasteiger partial charge < -0.3 is 24.0 Å². The van der Waals surface area contributed by atoms with Crippen molar-refractivity contribution in [3.63, 3.8) is 0 Å². The van der Waals surface area contributed by atoms with Crippen molar-refractivity contribution >= 4 is 7.32 Å². The Labute approximate surface area is 289 Å². The summed E-state index contributed by atoms with van der Waals surface area (Å²) in [6.45, 7) is 2.30. The van der Waals surface area contributed by atoms with Gasteiger partial charge in [0.25, 0.3) is 0 Å². The monoisotopic (exact) mass is 724 g/mol. The lowest BCUT2D eigenvalue weighted by molar-refractivity contribution is -0.936. The number of hydrogen-bond donors (Lipinski definition) is 1. The smallest absolute Gasteiger partial charge is 0.416 e. The Kier molecular flexibility index (Phi) is 16.1. The zero-order valence-electron chi connectivity index (χ0n) is 29.3. The molecule has 5 nitrogen and oxygen atoms in total. The molecule has 50 heavy (non-hydrogen) atoms. The average Bonchev–Trinajstić information content (AvgIpc) is 2.95. The van der Waals surface area contributed by atoms with Crippen LogP contribution in [0.1, 0.15) is 72.4 Å². The first-order valence-electron chi connectivity index (χ1n) is 15.8. The predicted octanol–water partition coefficient (Wildman–Crippen LogP) is 7.09. The predicted molar refractivity (Wildman–Crippen MR) is 172 cm³/mol. The molecule has 0 unspecified atom stereocenters. The van der Waals surface area contributed by atoms with Crippen molar-refractivity contribution in [2.24, 2.45) is 0 Å². The standard InChI is InChI=1S/C31H33F9N.C4H12N.BHO3/c1-4-5-6-7-8-18-41(2,3)28(22-12-9-15-25(19-22)29(32,33)34,23-13-10-16-26(20-23)30(35,36)37)24-14-11-17-27(21-24)31(38,39)40;1-5(2,3)4;2-1(3)4/h9-17,19-21H,4-8,18H2,1-3H3;1-4H3;2H/q2*+1;-2. The van der Waals surface area contributed by atoms with E-state index < -0.39 is 48.1 Å². The van der Waals surface area contributed by atoms with E-state index in [0.717, 1.165) is 84.8 Å². The van der Waals surface area contributed by atoms with Crippen LogP contribution in [0.4, 0.5) is 39.5 Å². The summed E-state index contributed by atoms with van der Waals surface area (Å²) < 4.78 is 126. The maximum absolute atomic E-state index is 13.9. The van der Waals surface area contributed by atoms with Gasteiger partial charge in [0.2, 0.25) is 0 Å². The highest BCUT2D eigenvalue weighted by atomic mass is 19.4. The molecule has 15 heteroatoms. The van der Waals surface area contributed by atoms with E-state index in [0.29, 0.717) is 6.42 Å². The topological polar surface area (TPSA) is 66.3 Å². The zero-order valence-corrected chi connectivity index (χ0v) is 29.3. The van der Waals surface area contributed by atoms with Gasteiger partial charge in [0.1, 0.15) is 0 Å². The number of nitrogens with zero attached hydrogens (tertiary/aromatic N) is 2. The second-order valence-electron chi connectivity index (χ2n) is 13.8. The van der Waals surface area contributed by atoms with E-state index in [1.807, 2.05) is 6.92 Å². The molecule has 0 spiro atoms. The average molecular weight is 725 g/mol. The molecule has 1 N–H and O–H groups in total. The maximum Gasteiger partial charge on any atom is 0.416 e. The molecular formula is C35H46BF9N2O3. The van der Waals surface area contributed by atoms with Crippen molar-refractivity contribution < 1.29 is 63.6 Å². The van der Waals surface area contributed by atoms with Gasteiger partial charge in [-0.15, -0.1) is 0 Å². The van der Waals surface area contributed by atoms with Crippen molar-refractivity contribution in [1.29, 1.82) is 0 Å². The van der Waals surface area contributed by atoms with Crippen LogP contribution in [0.5, 0.6) is 0 Å². The number of benzene rings is 3. The van der Waals surface area contributed by atoms with Gasteiger partial charge in [-0.3, -0.25) is 0 Å². The van der Waals surface area contributed by atoms with E-state index in [1.165, 1.54) is 18.2 Å². The molecule has 280 valence electrons. The summed E-state index contributed by atoms with van der Waals surface area (Å²) in [5.74, 6) is 0. The highest BCUT2D eigenvalue weighted by Gasteiger charge is 2.52. The highest BCUT2D eigenvalue weighted by Crippen LogP contribution is 2.49. The summed E-state index contributed by atoms with van der Waals surface area (Å²) in [5.41, 5.74) is -5.23. The van der Waals surface area contributed by atoms with Crippen molar-refractivity contribution in [2.45, 2.75) is 63.1 Å². The Morgan fingerprint density at radius 3 is 1.06 bits per heavy atom. The summed E-state index contributed by atoms with van der Waals surface area (Å²) in [4.78, 5) is 0. The zero-order chi connectivity index (χ0) is 38.8. The quantitative estimate of drug-likeness (QED) is 0.0799. The molecule has 0 radical (unpaired) electrons. The van der Waals surface area contributed by atoms with Gasteiger partial charge in [0, 0.05) is 16.7 Å². The van der Waals surface area contributed by atoms with Crippen LogP contribution in [0.2, 0.25) is 0 Å². The molecule has 3 rings (SSSR count). The lowest BCUT2D eigenvalue weighted by Gasteiger charge is -2.50. The Hall–Kier alpha value is -3.11. The largest absolute Gasteiger partial charge is 0.871 e. The Balaban J connectivity index is 0.00000123. The number of unbranched alkanes of at least 4 members (excludes halogenated alkanes) is 4. The summed E-state index contributed by atoms with van der Waals surface area (Å²) >= 11 is 0. The van der Waals surface area contributed by atoms with Crippen LogP contribution in [0.15, 0.2) is 72.8 Å². The number of hydrogen-bond acceptors (Lipinski definition) is 3. The molecule has 0 aromatic heterocycles. The minimum atomic E-state index is -4.79. The van der Waals surface area contributed by atoms with Gasteiger partial charge in [-0.2, -0.15) is 39.5 Å². The van der Waals surface area contributed by atoms with Gasteiger partial charge in [-0.25, -0.2) is 0 Å². The van der Waals surface area contributed by atoms with E-state index in [9.17, 15) is 39.5 Å². The third-order valence-corrected chi connectivity index (χ3v) is 7.55. The van der Waals surface area contributed by atoms with Crippen LogP contribution in [0.25, 0.3) is 0 Å². The highest BCUT2D eigenvalue weighted by molar-refractivity contribution is 6.26. The molecular weight excluding hydrogens is 678 g/mol. The molecule has 0 amide bonds. The SMILES string of the molecule is CCCCCCC[N+](C)(C)C(c1cccc(C(F)(F)F)c1)(c1cccc(C(F)(F)F)c1)c1cccc(C(F)(F)F)c1.C[N+](C)(C)C.[O-]B([O-])O. The first kappa shape index (κ1) is 44.9. The molecule has 0 aliphatic carbocycles. The second kappa shape index (κ2) is 17.9. The van der Waals surface area contributed by atoms with Crippen LogP contribution in [-0.2, 0) is 24.1 Å². The van der Waals surface area contributed by atoms with E-state index in [1.54, 1.807) is 14.1 Å². The van der Waals surface area contributed by atoms with Crippen LogP contribution in [0.3, 0.4) is 0 Å². The van der Waals surface area contributed by atoms with Crippen LogP contribution in [0, 0.1) is 0 Å². The molecule has 0 atom stereocenters. The summed E-state index contributed by atoms with van der Waals surface area (Å²) in [5, 5.41) is 24.0. The van der Waals surface area contributed by atoms with Crippen molar-refractivity contribution in [3.8, 4) is 0 Å². The van der Waals surface area contributed by atoms with Crippen LogP contribution >= 0.6 is 0 Å². The molecule has 3 aromatic rings. The molecule has 0 fully saturated rings. The molecule has 0 saturated heterocycles. The summed E-state index contributed by atoms with van der Waals surface area (Å²) in [7, 11) is 9.11. The van der Waals surface area contributed by atoms with Gasteiger partial charge in [-0.1, -0.05) is 62.6 Å². The van der Waals surface area contributed by atoms with E-state index in [2.05, 4.69) is 28.2 Å². The van der Waals surface area contributed by atoms with Crippen molar-refractivity contribution in [1.82, 2.24) is 0 Å². The molecule has 0 aliphatic heterocycles. The number of alkyl halides is 9. The number of halogens is 9. The number of rotatable bonds is 10. The third-order valence-electron chi connectivity index (χ3n) is 7.55. The summed E-state index contributed by atoms with van der Waals surface area (Å²) in [6, 6.07) is 12.4. The van der Waals surface area contributed by atoms with E-state index in [-0.39, 0.29) is 27.7 Å². The lowest BCUT2D eigenvalue weighted by Crippen LogP contribution is -2.59. The number of quaternary nitrogens is 2. The van der Waals surface area contributed by atoms with Crippen LogP contribution < -0.4 is 10.0 Å². The van der Waals surface area contributed by atoms with Gasteiger partial charge in [0.15, 0.2) is 5.54 Å². The van der Waals surface area contributed by atoms with Gasteiger partial charge in [-0.05, 0) is 49.2 Å². The minimum absolute atomic E-state index is 0.0652. The molecule has 3 aromatic carbocycles. The summed E-state index contributed by atoms with van der Waals surface area (Å²) in [6.07, 6.45) is -10.3. The van der Waals surface area contributed by atoms with Crippen LogP contribution in [-0.4, -0.2) is 70.1 Å². The first-order chi connectivity index (χ1) is 22.7. The molecule has 0 bridgehead atoms. The normalized spacial score (nSPS) is 12.8. The second-order valence-corrected chi connectivity index (χ2v) is 13.8. The Morgan fingerprint density at radius 1 is 0.540 bits per heavy atom. The fourth-order valence-corrected chi connectivity index (χ4v) is 5.59. The van der Waals surface area contributed by atoms with Gasteiger partial charge in [0.05, 0.1) is 72.8 Å². The maximum atomic E-state index is 13.9.